The SMILES string of the molecule is COc1ccsc1C(=O)N(C)CCC(N)=S. The van der Waals surface area contributed by atoms with Crippen LogP contribution >= 0.6 is 23.6 Å². The molecule has 1 heterocycles. The maximum Gasteiger partial charge on any atom is 0.267 e. The first kappa shape index (κ1) is 12.9. The molecule has 0 atom stereocenters. The normalized spacial score (nSPS) is 9.88. The van der Waals surface area contributed by atoms with E-state index in [1.54, 1.807) is 25.1 Å². The van der Waals surface area contributed by atoms with E-state index in [-0.39, 0.29) is 5.91 Å². The minimum atomic E-state index is -0.0666. The van der Waals surface area contributed by atoms with E-state index in [0.717, 1.165) is 0 Å². The summed E-state index contributed by atoms with van der Waals surface area (Å²) in [5.41, 5.74) is 5.39. The summed E-state index contributed by atoms with van der Waals surface area (Å²) in [7, 11) is 3.27. The van der Waals surface area contributed by atoms with Crippen LogP contribution in [0.25, 0.3) is 0 Å². The van der Waals surface area contributed by atoms with Crippen molar-refractivity contribution in [1.29, 1.82) is 0 Å². The predicted octanol–water partition coefficient (Wildman–Crippen LogP) is 1.50. The van der Waals surface area contributed by atoms with Crippen LogP contribution in [0.15, 0.2) is 11.4 Å². The lowest BCUT2D eigenvalue weighted by Gasteiger charge is -2.16. The van der Waals surface area contributed by atoms with Gasteiger partial charge in [-0.05, 0) is 11.4 Å². The zero-order chi connectivity index (χ0) is 12.1. The number of nitrogens with two attached hydrogens (primary N) is 1. The molecule has 16 heavy (non-hydrogen) atoms. The molecule has 0 spiro atoms. The second-order valence-corrected chi connectivity index (χ2v) is 4.70. The van der Waals surface area contributed by atoms with Crippen LogP contribution in [0, 0.1) is 0 Å². The Bertz CT molecular complexity index is 390. The van der Waals surface area contributed by atoms with E-state index in [1.165, 1.54) is 11.3 Å². The molecule has 4 nitrogen and oxygen atoms in total. The Morgan fingerprint density at radius 2 is 2.38 bits per heavy atom. The smallest absolute Gasteiger partial charge is 0.267 e. The molecule has 0 aliphatic carbocycles. The molecule has 1 aromatic heterocycles. The number of rotatable bonds is 5. The molecule has 0 saturated heterocycles. The molecule has 88 valence electrons. The van der Waals surface area contributed by atoms with Crippen molar-refractivity contribution in [2.24, 2.45) is 5.73 Å². The van der Waals surface area contributed by atoms with Crippen molar-refractivity contribution in [1.82, 2.24) is 4.90 Å². The Morgan fingerprint density at radius 1 is 1.69 bits per heavy atom. The maximum atomic E-state index is 12.0. The number of hydrogen-bond donors (Lipinski definition) is 1. The summed E-state index contributed by atoms with van der Waals surface area (Å²) in [6, 6.07) is 1.78. The number of methoxy groups -OCH3 is 1. The topological polar surface area (TPSA) is 55.6 Å². The first-order valence-electron chi connectivity index (χ1n) is 4.71. The number of thiophene rings is 1. The van der Waals surface area contributed by atoms with Gasteiger partial charge in [0.25, 0.3) is 5.91 Å². The average molecular weight is 258 g/mol. The van der Waals surface area contributed by atoms with E-state index in [0.29, 0.717) is 28.6 Å². The molecule has 0 aliphatic heterocycles. The second-order valence-electron chi connectivity index (χ2n) is 3.26. The number of nitrogens with zero attached hydrogens (tertiary/aromatic N) is 1. The molecule has 6 heteroatoms. The average Bonchev–Trinajstić information content (AvgIpc) is 2.72. The summed E-state index contributed by atoms with van der Waals surface area (Å²) in [6.45, 7) is 0.523. The fraction of sp³-hybridized carbons (Fsp3) is 0.400. The van der Waals surface area contributed by atoms with Crippen LogP contribution in [0.3, 0.4) is 0 Å². The fourth-order valence-electron chi connectivity index (χ4n) is 1.17. The molecule has 2 N–H and O–H groups in total. The standard InChI is InChI=1S/C10H14N2O2S2/c1-12(5-3-8(11)15)10(13)9-7(14-2)4-6-16-9/h4,6H,3,5H2,1-2H3,(H2,11,15). The number of thiocarbonyl (C=S) groups is 1. The van der Waals surface area contributed by atoms with E-state index >= 15 is 0 Å². The monoisotopic (exact) mass is 258 g/mol. The van der Waals surface area contributed by atoms with Gasteiger partial charge in [0.1, 0.15) is 10.6 Å². The van der Waals surface area contributed by atoms with Crippen LogP contribution in [0.5, 0.6) is 5.75 Å². The highest BCUT2D eigenvalue weighted by molar-refractivity contribution is 7.80. The van der Waals surface area contributed by atoms with Gasteiger partial charge in [-0.1, -0.05) is 12.2 Å². The summed E-state index contributed by atoms with van der Waals surface area (Å²) >= 11 is 6.13. The third-order valence-corrected chi connectivity index (χ3v) is 3.17. The van der Waals surface area contributed by atoms with Gasteiger partial charge in [0.05, 0.1) is 12.1 Å². The van der Waals surface area contributed by atoms with E-state index in [4.69, 9.17) is 22.7 Å². The lowest BCUT2D eigenvalue weighted by atomic mass is 10.3. The number of carbonyl (C=O) groups excluding carboxylic acids is 1. The maximum absolute atomic E-state index is 12.0. The summed E-state index contributed by atoms with van der Waals surface area (Å²) in [5.74, 6) is 0.542. The van der Waals surface area contributed by atoms with Crippen LogP contribution in [0.2, 0.25) is 0 Å². The number of amides is 1. The van der Waals surface area contributed by atoms with E-state index in [1.807, 2.05) is 5.38 Å². The van der Waals surface area contributed by atoms with E-state index in [9.17, 15) is 4.79 Å². The van der Waals surface area contributed by atoms with Crippen LogP contribution in [0.1, 0.15) is 16.1 Å². The van der Waals surface area contributed by atoms with Crippen LogP contribution in [-0.2, 0) is 0 Å². The Hall–Kier alpha value is -1.14. The van der Waals surface area contributed by atoms with Crippen LogP contribution < -0.4 is 10.5 Å². The Balaban J connectivity index is 2.66. The van der Waals surface area contributed by atoms with Crippen molar-refractivity contribution in [2.45, 2.75) is 6.42 Å². The molecule has 0 aliphatic rings. The Morgan fingerprint density at radius 3 is 2.94 bits per heavy atom. The molecular weight excluding hydrogens is 244 g/mol. The Labute approximate surface area is 104 Å². The van der Waals surface area contributed by atoms with Gasteiger partial charge in [-0.2, -0.15) is 0 Å². The van der Waals surface area contributed by atoms with Gasteiger partial charge >= 0.3 is 0 Å². The van der Waals surface area contributed by atoms with Gasteiger partial charge < -0.3 is 15.4 Å². The minimum Gasteiger partial charge on any atom is -0.495 e. The largest absolute Gasteiger partial charge is 0.495 e. The van der Waals surface area contributed by atoms with Crippen LogP contribution in [0.4, 0.5) is 0 Å². The predicted molar refractivity (Wildman–Crippen MR) is 69.2 cm³/mol. The van der Waals surface area contributed by atoms with Gasteiger partial charge in [-0.3, -0.25) is 4.79 Å². The fourth-order valence-corrected chi connectivity index (χ4v) is 2.11. The summed E-state index contributed by atoms with van der Waals surface area (Å²) in [5, 5.41) is 1.83. The zero-order valence-electron chi connectivity index (χ0n) is 9.23. The number of hydrogen-bond acceptors (Lipinski definition) is 4. The first-order valence-corrected chi connectivity index (χ1v) is 6.00. The van der Waals surface area contributed by atoms with Gasteiger partial charge in [0.2, 0.25) is 0 Å². The van der Waals surface area contributed by atoms with Gasteiger partial charge in [0, 0.05) is 20.0 Å². The lowest BCUT2D eigenvalue weighted by molar-refractivity contribution is 0.0800. The van der Waals surface area contributed by atoms with Crippen molar-refractivity contribution in [3.05, 3.63) is 16.3 Å². The third kappa shape index (κ3) is 3.18. The molecule has 0 unspecified atom stereocenters. The van der Waals surface area contributed by atoms with Gasteiger partial charge in [-0.25, -0.2) is 0 Å². The highest BCUT2D eigenvalue weighted by Crippen LogP contribution is 2.25. The molecule has 0 saturated carbocycles. The van der Waals surface area contributed by atoms with Gasteiger partial charge in [0.15, 0.2) is 0 Å². The van der Waals surface area contributed by atoms with Crippen molar-refractivity contribution in [2.75, 3.05) is 20.7 Å². The van der Waals surface area contributed by atoms with Crippen molar-refractivity contribution >= 4 is 34.5 Å². The van der Waals surface area contributed by atoms with Crippen molar-refractivity contribution in [3.63, 3.8) is 0 Å². The van der Waals surface area contributed by atoms with Crippen LogP contribution in [-0.4, -0.2) is 36.5 Å². The third-order valence-electron chi connectivity index (χ3n) is 2.08. The first-order chi connectivity index (χ1) is 7.56. The molecule has 1 rings (SSSR count). The molecule has 0 fully saturated rings. The summed E-state index contributed by atoms with van der Waals surface area (Å²) in [4.78, 5) is 14.6. The molecule has 0 radical (unpaired) electrons. The van der Waals surface area contributed by atoms with E-state index in [2.05, 4.69) is 0 Å². The Kier molecular flexibility index (Phi) is 4.70. The lowest BCUT2D eigenvalue weighted by Crippen LogP contribution is -2.29. The molecule has 1 amide bonds. The molecule has 0 bridgehead atoms. The molecule has 0 aromatic carbocycles. The van der Waals surface area contributed by atoms with Crippen molar-refractivity contribution in [3.8, 4) is 5.75 Å². The molecule has 1 aromatic rings. The highest BCUT2D eigenvalue weighted by Gasteiger charge is 2.17. The second kappa shape index (κ2) is 5.81. The summed E-state index contributed by atoms with van der Waals surface area (Å²) in [6.07, 6.45) is 0.533. The zero-order valence-corrected chi connectivity index (χ0v) is 10.9. The number of carbonyl (C=O) groups is 1. The highest BCUT2D eigenvalue weighted by atomic mass is 32.1. The quantitative estimate of drug-likeness (QED) is 0.813. The van der Waals surface area contributed by atoms with E-state index < -0.39 is 0 Å². The number of ether oxygens (including phenoxy) is 1. The summed E-state index contributed by atoms with van der Waals surface area (Å²) < 4.78 is 5.09. The minimum absolute atomic E-state index is 0.0666. The molecular formula is C10H14N2O2S2. The van der Waals surface area contributed by atoms with Gasteiger partial charge in [-0.15, -0.1) is 11.3 Å². The van der Waals surface area contributed by atoms with Crippen molar-refractivity contribution < 1.29 is 9.53 Å².